The van der Waals surface area contributed by atoms with Crippen LogP contribution >= 0.6 is 11.3 Å². The van der Waals surface area contributed by atoms with E-state index in [1.165, 1.54) is 20.2 Å². The van der Waals surface area contributed by atoms with Crippen molar-refractivity contribution in [3.05, 3.63) is 48.9 Å². The summed E-state index contributed by atoms with van der Waals surface area (Å²) in [5, 5.41) is 3.62. The second kappa shape index (κ2) is 3.25. The van der Waals surface area contributed by atoms with Gasteiger partial charge in [-0.3, -0.25) is 9.97 Å². The first kappa shape index (κ1) is 9.07. The van der Waals surface area contributed by atoms with Gasteiger partial charge in [-0.05, 0) is 6.07 Å². The van der Waals surface area contributed by atoms with Crippen LogP contribution in [0.5, 0.6) is 0 Å². The van der Waals surface area contributed by atoms with Crippen molar-refractivity contribution in [1.29, 1.82) is 0 Å². The Balaban J connectivity index is 2.34. The number of hydrogen-bond donors (Lipinski definition) is 0. The minimum atomic E-state index is 1.07. The fourth-order valence-electron chi connectivity index (χ4n) is 2.19. The highest BCUT2D eigenvalue weighted by Gasteiger charge is 2.08. The lowest BCUT2D eigenvalue weighted by Crippen LogP contribution is -1.77. The molecule has 0 aliphatic carbocycles. The Kier molecular flexibility index (Phi) is 1.73. The van der Waals surface area contributed by atoms with E-state index in [9.17, 15) is 0 Å². The van der Waals surface area contributed by atoms with Crippen LogP contribution in [0.25, 0.3) is 31.1 Å². The van der Waals surface area contributed by atoms with Crippen LogP contribution in [0.2, 0.25) is 0 Å². The molecule has 1 aromatic carbocycles. The van der Waals surface area contributed by atoms with Gasteiger partial charge in [0.05, 0.1) is 10.2 Å². The van der Waals surface area contributed by atoms with Gasteiger partial charge in [-0.25, -0.2) is 0 Å². The zero-order valence-electron chi connectivity index (χ0n) is 8.92. The second-order valence-electron chi connectivity index (χ2n) is 4.00. The van der Waals surface area contributed by atoms with Crippen LogP contribution in [0.15, 0.2) is 48.9 Å². The van der Waals surface area contributed by atoms with Gasteiger partial charge in [-0.1, -0.05) is 24.3 Å². The molecule has 3 heteroatoms. The average Bonchev–Trinajstić information content (AvgIpc) is 2.78. The van der Waals surface area contributed by atoms with Gasteiger partial charge < -0.3 is 0 Å². The van der Waals surface area contributed by atoms with Gasteiger partial charge in [0.15, 0.2) is 0 Å². The van der Waals surface area contributed by atoms with Crippen LogP contribution in [0, 0.1) is 0 Å². The lowest BCUT2D eigenvalue weighted by molar-refractivity contribution is 1.37. The van der Waals surface area contributed by atoms with Crippen molar-refractivity contribution in [1.82, 2.24) is 9.97 Å². The number of aromatic nitrogens is 2. The molecule has 17 heavy (non-hydrogen) atoms. The molecule has 80 valence electrons. The van der Waals surface area contributed by atoms with Crippen molar-refractivity contribution in [2.75, 3.05) is 0 Å². The summed E-state index contributed by atoms with van der Waals surface area (Å²) in [6.07, 6.45) is 5.67. The molecule has 0 bridgehead atoms. The normalized spacial score (nSPS) is 11.5. The van der Waals surface area contributed by atoms with Crippen LogP contribution in [0.1, 0.15) is 0 Å². The molecular weight excluding hydrogens is 228 g/mol. The minimum absolute atomic E-state index is 1.07. The topological polar surface area (TPSA) is 25.8 Å². The first-order valence-corrected chi connectivity index (χ1v) is 6.25. The van der Waals surface area contributed by atoms with Gasteiger partial charge >= 0.3 is 0 Å². The first-order chi connectivity index (χ1) is 8.43. The molecule has 4 aromatic rings. The molecule has 0 atom stereocenters. The Morgan fingerprint density at radius 2 is 1.88 bits per heavy atom. The summed E-state index contributed by atoms with van der Waals surface area (Å²) in [4.78, 5) is 8.75. The minimum Gasteiger partial charge on any atom is -0.264 e. The van der Waals surface area contributed by atoms with Crippen molar-refractivity contribution in [3.63, 3.8) is 0 Å². The largest absolute Gasteiger partial charge is 0.264 e. The van der Waals surface area contributed by atoms with E-state index in [0.717, 1.165) is 10.9 Å². The predicted octanol–water partition coefficient (Wildman–Crippen LogP) is 4.00. The molecule has 0 N–H and O–H groups in total. The number of benzene rings is 1. The summed E-state index contributed by atoms with van der Waals surface area (Å²) < 4.78 is 2.50. The molecule has 0 saturated heterocycles. The summed E-state index contributed by atoms with van der Waals surface area (Å²) in [6, 6.07) is 10.4. The Hall–Kier alpha value is -2.00. The molecule has 0 aliphatic rings. The van der Waals surface area contributed by atoms with E-state index in [4.69, 9.17) is 0 Å². The molecule has 2 nitrogen and oxygen atoms in total. The first-order valence-electron chi connectivity index (χ1n) is 5.43. The standard InChI is InChI=1S/C14H8N2S/c1-2-4-10-9(3-1)7-16-13-11-8-15-6-5-12(11)17-14(10)13/h1-8H. The molecule has 4 rings (SSSR count). The van der Waals surface area contributed by atoms with Gasteiger partial charge in [0.25, 0.3) is 0 Å². The smallest absolute Gasteiger partial charge is 0.0910 e. The van der Waals surface area contributed by atoms with Gasteiger partial charge in [0, 0.05) is 39.4 Å². The molecule has 0 radical (unpaired) electrons. The van der Waals surface area contributed by atoms with E-state index in [0.29, 0.717) is 0 Å². The highest BCUT2D eigenvalue weighted by atomic mass is 32.1. The molecule has 0 unspecified atom stereocenters. The Morgan fingerprint density at radius 1 is 0.941 bits per heavy atom. The zero-order valence-corrected chi connectivity index (χ0v) is 9.74. The van der Waals surface area contributed by atoms with Crippen LogP contribution in [0.3, 0.4) is 0 Å². The molecule has 0 saturated carbocycles. The number of fused-ring (bicyclic) bond motifs is 5. The third-order valence-corrected chi connectivity index (χ3v) is 4.19. The Morgan fingerprint density at radius 3 is 2.88 bits per heavy atom. The molecule has 0 amide bonds. The molecule has 0 spiro atoms. The van der Waals surface area contributed by atoms with E-state index >= 15 is 0 Å². The van der Waals surface area contributed by atoms with Crippen molar-refractivity contribution < 1.29 is 0 Å². The highest BCUT2D eigenvalue weighted by Crippen LogP contribution is 2.35. The predicted molar refractivity (Wildman–Crippen MR) is 72.4 cm³/mol. The van der Waals surface area contributed by atoms with Gasteiger partial charge in [0.1, 0.15) is 0 Å². The van der Waals surface area contributed by atoms with Crippen LogP contribution in [0.4, 0.5) is 0 Å². The Bertz CT molecular complexity index is 848. The number of nitrogens with zero attached hydrogens (tertiary/aromatic N) is 2. The van der Waals surface area contributed by atoms with E-state index in [2.05, 4.69) is 34.2 Å². The summed E-state index contributed by atoms with van der Waals surface area (Å²) in [6.45, 7) is 0. The van der Waals surface area contributed by atoms with Gasteiger partial charge in [-0.15, -0.1) is 11.3 Å². The summed E-state index contributed by atoms with van der Waals surface area (Å²) in [7, 11) is 0. The fourth-order valence-corrected chi connectivity index (χ4v) is 3.35. The molecule has 3 heterocycles. The van der Waals surface area contributed by atoms with Crippen molar-refractivity contribution in [3.8, 4) is 0 Å². The quantitative estimate of drug-likeness (QED) is 0.461. The molecule has 0 aliphatic heterocycles. The van der Waals surface area contributed by atoms with E-state index in [1.807, 2.05) is 24.7 Å². The highest BCUT2D eigenvalue weighted by molar-refractivity contribution is 7.26. The van der Waals surface area contributed by atoms with Crippen molar-refractivity contribution >= 4 is 42.4 Å². The van der Waals surface area contributed by atoms with E-state index in [-0.39, 0.29) is 0 Å². The third kappa shape index (κ3) is 1.20. The second-order valence-corrected chi connectivity index (χ2v) is 5.05. The SMILES string of the molecule is c1ccc2c(c1)cnc1c3cnccc3sc21. The number of hydrogen-bond acceptors (Lipinski definition) is 3. The molecule has 0 fully saturated rings. The summed E-state index contributed by atoms with van der Waals surface area (Å²) in [5.74, 6) is 0. The average molecular weight is 236 g/mol. The maximum absolute atomic E-state index is 4.57. The van der Waals surface area contributed by atoms with E-state index < -0.39 is 0 Å². The number of thiophene rings is 1. The van der Waals surface area contributed by atoms with Crippen LogP contribution in [-0.4, -0.2) is 9.97 Å². The third-order valence-electron chi connectivity index (χ3n) is 3.00. The van der Waals surface area contributed by atoms with E-state index in [1.54, 1.807) is 11.3 Å². The van der Waals surface area contributed by atoms with Crippen molar-refractivity contribution in [2.45, 2.75) is 0 Å². The maximum Gasteiger partial charge on any atom is 0.0910 e. The molecule has 3 aromatic heterocycles. The monoisotopic (exact) mass is 236 g/mol. The number of rotatable bonds is 0. The fraction of sp³-hybridized carbons (Fsp3) is 0. The zero-order chi connectivity index (χ0) is 11.2. The van der Waals surface area contributed by atoms with Crippen LogP contribution in [-0.2, 0) is 0 Å². The summed E-state index contributed by atoms with van der Waals surface area (Å²) >= 11 is 1.79. The van der Waals surface area contributed by atoms with Gasteiger partial charge in [-0.2, -0.15) is 0 Å². The van der Waals surface area contributed by atoms with Gasteiger partial charge in [0.2, 0.25) is 0 Å². The lowest BCUT2D eigenvalue weighted by Gasteiger charge is -1.97. The summed E-state index contributed by atoms with van der Waals surface area (Å²) in [5.41, 5.74) is 1.07. The maximum atomic E-state index is 4.57. The van der Waals surface area contributed by atoms with Crippen LogP contribution < -0.4 is 0 Å². The Labute approximate surface area is 102 Å². The lowest BCUT2D eigenvalue weighted by atomic mass is 10.1. The number of pyridine rings is 2. The van der Waals surface area contributed by atoms with Crippen molar-refractivity contribution in [2.24, 2.45) is 0 Å². The molecular formula is C14H8N2S.